The standard InChI is InChI=1S/C22H25N5O4S/c1-14(16-10-20(28)23-12-16)31-22-21-19(24-13-25-21)11-18(26-22)15-2-4-17(5-3-15)27-6-8-32(29,30)9-7-27/h2-5,11,13-14,16H,6-10,12H2,1H3,(H,23,28)(H,24,25)/t14-,16-/m1/s1. The van der Waals surface area contributed by atoms with Crippen molar-refractivity contribution in [3.8, 4) is 17.1 Å². The van der Waals surface area contributed by atoms with Crippen molar-refractivity contribution in [1.29, 1.82) is 0 Å². The fourth-order valence-corrected chi connectivity index (χ4v) is 5.39. The highest BCUT2D eigenvalue weighted by molar-refractivity contribution is 7.91. The van der Waals surface area contributed by atoms with Gasteiger partial charge in [-0.3, -0.25) is 4.79 Å². The summed E-state index contributed by atoms with van der Waals surface area (Å²) in [5.74, 6) is 0.954. The Balaban J connectivity index is 1.39. The first-order valence-electron chi connectivity index (χ1n) is 10.7. The largest absolute Gasteiger partial charge is 0.473 e. The molecule has 0 aliphatic carbocycles. The lowest BCUT2D eigenvalue weighted by atomic mass is 10.0. The van der Waals surface area contributed by atoms with Gasteiger partial charge in [-0.1, -0.05) is 12.1 Å². The number of imidazole rings is 1. The number of aromatic nitrogens is 3. The van der Waals surface area contributed by atoms with Crippen molar-refractivity contribution >= 4 is 32.5 Å². The molecule has 2 aliphatic rings. The van der Waals surface area contributed by atoms with Crippen molar-refractivity contribution < 1.29 is 17.9 Å². The molecule has 2 atom stereocenters. The van der Waals surface area contributed by atoms with Gasteiger partial charge in [0.2, 0.25) is 11.8 Å². The van der Waals surface area contributed by atoms with Crippen LogP contribution in [0, 0.1) is 5.92 Å². The lowest BCUT2D eigenvalue weighted by molar-refractivity contribution is -0.119. The van der Waals surface area contributed by atoms with Crippen molar-refractivity contribution in [2.45, 2.75) is 19.4 Å². The van der Waals surface area contributed by atoms with Crippen molar-refractivity contribution in [2.24, 2.45) is 5.92 Å². The van der Waals surface area contributed by atoms with Gasteiger partial charge in [0.05, 0.1) is 29.0 Å². The monoisotopic (exact) mass is 455 g/mol. The quantitative estimate of drug-likeness (QED) is 0.602. The first kappa shape index (κ1) is 20.7. The first-order chi connectivity index (χ1) is 15.4. The van der Waals surface area contributed by atoms with E-state index in [1.165, 1.54) is 0 Å². The number of benzene rings is 1. The summed E-state index contributed by atoms with van der Waals surface area (Å²) in [6, 6.07) is 9.88. The van der Waals surface area contributed by atoms with Gasteiger partial charge in [-0.05, 0) is 25.1 Å². The van der Waals surface area contributed by atoms with E-state index in [-0.39, 0.29) is 29.4 Å². The Morgan fingerprint density at radius 1 is 1.19 bits per heavy atom. The van der Waals surface area contributed by atoms with E-state index >= 15 is 0 Å². The molecule has 0 saturated carbocycles. The number of ether oxygens (including phenoxy) is 1. The fourth-order valence-electron chi connectivity index (χ4n) is 4.19. The minimum atomic E-state index is -2.91. The lowest BCUT2D eigenvalue weighted by Gasteiger charge is -2.28. The van der Waals surface area contributed by atoms with E-state index in [0.717, 1.165) is 22.5 Å². The number of aromatic amines is 1. The van der Waals surface area contributed by atoms with Gasteiger partial charge in [0.1, 0.15) is 6.10 Å². The highest BCUT2D eigenvalue weighted by atomic mass is 32.2. The summed E-state index contributed by atoms with van der Waals surface area (Å²) in [6.45, 7) is 3.57. The first-order valence-corrected chi connectivity index (χ1v) is 12.5. The molecule has 1 amide bonds. The molecule has 2 aromatic heterocycles. The molecule has 2 fully saturated rings. The van der Waals surface area contributed by atoms with Gasteiger partial charge in [-0.2, -0.15) is 0 Å². The molecular weight excluding hydrogens is 430 g/mol. The second kappa shape index (κ2) is 8.09. The molecule has 2 aliphatic heterocycles. The second-order valence-electron chi connectivity index (χ2n) is 8.39. The predicted octanol–water partition coefficient (Wildman–Crippen LogP) is 1.76. The summed E-state index contributed by atoms with van der Waals surface area (Å²) in [6.07, 6.45) is 1.88. The van der Waals surface area contributed by atoms with Crippen molar-refractivity contribution in [3.05, 3.63) is 36.7 Å². The van der Waals surface area contributed by atoms with Crippen molar-refractivity contribution in [1.82, 2.24) is 20.3 Å². The molecule has 0 spiro atoms. The molecule has 9 nitrogen and oxygen atoms in total. The van der Waals surface area contributed by atoms with E-state index in [2.05, 4.69) is 20.2 Å². The molecule has 0 bridgehead atoms. The zero-order valence-electron chi connectivity index (χ0n) is 17.7. The number of H-pyrrole nitrogens is 1. The third-order valence-electron chi connectivity index (χ3n) is 6.22. The number of carbonyl (C=O) groups excluding carboxylic acids is 1. The molecule has 1 aromatic carbocycles. The summed E-state index contributed by atoms with van der Waals surface area (Å²) in [4.78, 5) is 25.9. The number of fused-ring (bicyclic) bond motifs is 1. The minimum Gasteiger partial charge on any atom is -0.473 e. The van der Waals surface area contributed by atoms with Crippen LogP contribution in [0.5, 0.6) is 5.88 Å². The maximum Gasteiger partial charge on any atom is 0.243 e. The van der Waals surface area contributed by atoms with E-state index < -0.39 is 9.84 Å². The van der Waals surface area contributed by atoms with E-state index in [4.69, 9.17) is 9.72 Å². The number of nitrogens with one attached hydrogen (secondary N) is 2. The number of hydrogen-bond donors (Lipinski definition) is 2. The van der Waals surface area contributed by atoms with Crippen LogP contribution in [0.1, 0.15) is 13.3 Å². The molecule has 168 valence electrons. The zero-order valence-corrected chi connectivity index (χ0v) is 18.6. The van der Waals surface area contributed by atoms with Gasteiger partial charge < -0.3 is 19.9 Å². The Kier molecular flexibility index (Phi) is 5.24. The van der Waals surface area contributed by atoms with E-state index in [9.17, 15) is 13.2 Å². The highest BCUT2D eigenvalue weighted by Crippen LogP contribution is 2.30. The van der Waals surface area contributed by atoms with E-state index in [1.807, 2.05) is 37.3 Å². The van der Waals surface area contributed by atoms with Gasteiger partial charge in [0, 0.05) is 43.2 Å². The second-order valence-corrected chi connectivity index (χ2v) is 10.7. The average Bonchev–Trinajstić information content (AvgIpc) is 3.43. The molecule has 32 heavy (non-hydrogen) atoms. The molecule has 0 radical (unpaired) electrons. The topological polar surface area (TPSA) is 117 Å². The van der Waals surface area contributed by atoms with Gasteiger partial charge in [-0.25, -0.2) is 18.4 Å². The van der Waals surface area contributed by atoms with Crippen molar-refractivity contribution in [3.63, 3.8) is 0 Å². The van der Waals surface area contributed by atoms with Crippen LogP contribution in [-0.2, 0) is 14.6 Å². The Hall–Kier alpha value is -3.14. The number of carbonyl (C=O) groups is 1. The average molecular weight is 456 g/mol. The fraction of sp³-hybridized carbons (Fsp3) is 0.409. The zero-order chi connectivity index (χ0) is 22.3. The van der Waals surface area contributed by atoms with Crippen LogP contribution >= 0.6 is 0 Å². The number of hydrogen-bond acceptors (Lipinski definition) is 7. The van der Waals surface area contributed by atoms with E-state index in [0.29, 0.717) is 37.5 Å². The van der Waals surface area contributed by atoms with Crippen LogP contribution in [0.2, 0.25) is 0 Å². The van der Waals surface area contributed by atoms with Gasteiger partial charge in [0.15, 0.2) is 15.4 Å². The summed E-state index contributed by atoms with van der Waals surface area (Å²) < 4.78 is 29.5. The third kappa shape index (κ3) is 4.14. The summed E-state index contributed by atoms with van der Waals surface area (Å²) in [5.41, 5.74) is 4.14. The Morgan fingerprint density at radius 2 is 1.94 bits per heavy atom. The number of pyridine rings is 1. The smallest absolute Gasteiger partial charge is 0.243 e. The number of rotatable bonds is 5. The number of nitrogens with zero attached hydrogens (tertiary/aromatic N) is 3. The Bertz CT molecular complexity index is 1240. The Morgan fingerprint density at radius 3 is 2.62 bits per heavy atom. The maximum atomic E-state index is 11.7. The van der Waals surface area contributed by atoms with Crippen molar-refractivity contribution in [2.75, 3.05) is 36.0 Å². The van der Waals surface area contributed by atoms with Gasteiger partial charge >= 0.3 is 0 Å². The van der Waals surface area contributed by atoms with Crippen LogP contribution in [0.25, 0.3) is 22.3 Å². The molecule has 4 heterocycles. The van der Waals surface area contributed by atoms with E-state index in [1.54, 1.807) is 6.33 Å². The van der Waals surface area contributed by atoms with Gasteiger partial charge in [0.25, 0.3) is 0 Å². The van der Waals surface area contributed by atoms with Gasteiger partial charge in [-0.15, -0.1) is 0 Å². The predicted molar refractivity (Wildman–Crippen MR) is 121 cm³/mol. The molecule has 5 rings (SSSR count). The molecule has 10 heteroatoms. The maximum absolute atomic E-state index is 11.7. The van der Waals surface area contributed by atoms with Crippen LogP contribution in [-0.4, -0.2) is 66.5 Å². The van der Waals surface area contributed by atoms with Crippen LogP contribution < -0.4 is 15.0 Å². The lowest BCUT2D eigenvalue weighted by Crippen LogP contribution is -2.40. The molecular formula is C22H25N5O4S. The minimum absolute atomic E-state index is 0.0449. The molecule has 2 saturated heterocycles. The van der Waals surface area contributed by atoms with Crippen LogP contribution in [0.3, 0.4) is 0 Å². The molecule has 0 unspecified atom stereocenters. The number of sulfone groups is 1. The molecule has 2 N–H and O–H groups in total. The number of anilines is 1. The summed E-state index contributed by atoms with van der Waals surface area (Å²) in [7, 11) is -2.91. The SMILES string of the molecule is C[C@@H](Oc1nc(-c2ccc(N3CCS(=O)(=O)CC3)cc2)cc2[nH]cnc12)[C@H]1CNC(=O)C1. The normalized spacial score (nSPS) is 21.5. The highest BCUT2D eigenvalue weighted by Gasteiger charge is 2.29. The number of amides is 1. The Labute approximate surface area is 186 Å². The molecule has 3 aromatic rings. The van der Waals surface area contributed by atoms with Crippen LogP contribution in [0.15, 0.2) is 36.7 Å². The van der Waals surface area contributed by atoms with Crippen LogP contribution in [0.4, 0.5) is 5.69 Å². The third-order valence-corrected chi connectivity index (χ3v) is 7.83. The summed E-state index contributed by atoms with van der Waals surface area (Å²) in [5, 5.41) is 2.84. The summed E-state index contributed by atoms with van der Waals surface area (Å²) >= 11 is 0.